The maximum atomic E-state index is 15.8. The summed E-state index contributed by atoms with van der Waals surface area (Å²) in [4.78, 5) is 164. The summed E-state index contributed by atoms with van der Waals surface area (Å²) in [6.45, 7) is 25.0. The number of benzene rings is 10. The Bertz CT molecular complexity index is 5450. The Kier molecular flexibility index (Phi) is 50.1. The summed E-state index contributed by atoms with van der Waals surface area (Å²) in [6, 6.07) is 52.4. The van der Waals surface area contributed by atoms with Crippen LogP contribution in [0.3, 0.4) is 0 Å². The third-order valence-corrected chi connectivity index (χ3v) is 24.1. The number of fused-ring (bicyclic) bond motifs is 6. The van der Waals surface area contributed by atoms with Crippen LogP contribution < -0.4 is 28.4 Å². The van der Waals surface area contributed by atoms with Crippen molar-refractivity contribution in [1.29, 1.82) is 0 Å². The molecule has 0 spiro atoms. The first-order valence-electron chi connectivity index (χ1n) is 51.2. The van der Waals surface area contributed by atoms with E-state index in [4.69, 9.17) is 56.8 Å². The Balaban J connectivity index is 1.12. The number of rotatable bonds is 72. The van der Waals surface area contributed by atoms with Gasteiger partial charge in [0, 0.05) is 69.8 Å². The molecule has 0 atom stereocenters. The zero-order valence-electron chi connectivity index (χ0n) is 85.2. The summed E-state index contributed by atoms with van der Waals surface area (Å²) in [7, 11) is 0. The van der Waals surface area contributed by atoms with Gasteiger partial charge in [0.15, 0.2) is 34.7 Å². The lowest BCUT2D eigenvalue weighted by Gasteiger charge is -2.18. The summed E-state index contributed by atoms with van der Waals surface area (Å²) in [5, 5.41) is 1.84. The first-order chi connectivity index (χ1) is 73.1. The van der Waals surface area contributed by atoms with E-state index in [1.54, 1.807) is 218 Å². The van der Waals surface area contributed by atoms with Gasteiger partial charge in [-0.1, -0.05) is 149 Å². The Morgan fingerprint density at radius 3 is 0.407 bits per heavy atom. The van der Waals surface area contributed by atoms with Gasteiger partial charge in [-0.15, -0.1) is 0 Å². The fourth-order valence-electron chi connectivity index (χ4n) is 15.9. The number of ketones is 6. The minimum atomic E-state index is -0.605. The summed E-state index contributed by atoms with van der Waals surface area (Å²) in [6.07, 6.45) is 43.3. The van der Waals surface area contributed by atoms with E-state index in [1.165, 1.54) is 36.5 Å². The van der Waals surface area contributed by atoms with E-state index in [2.05, 4.69) is 39.5 Å². The molecule has 0 fully saturated rings. The van der Waals surface area contributed by atoms with Crippen molar-refractivity contribution in [3.05, 3.63) is 361 Å². The number of esters is 6. The first-order valence-corrected chi connectivity index (χ1v) is 51.2. The molecule has 0 amide bonds. The zero-order valence-corrected chi connectivity index (χ0v) is 85.2. The standard InChI is InChI=1S/C126H132O24/c1-7-121(133)145-79-31-19-13-25-73-139-97-55-37-91(38-56-97)49-67-115(127)109-85-103-104(86-110(109)116(128)68-50-92-39-57-98(58-40-92)140-74-26-14-20-32-80-146-122(134)8-2)106-88-112(118(130)70-52-94-43-61-100(62-44-94)142-76-28-16-22-34-82-148-124(136)10-4)114(120(132)72-54-96-47-65-102(66-48-96)144-78-30-18-24-36-84-150-126(138)12-6)90-108(106)107-89-113(119(131)71-53-95-45-63-101(64-46-95)143-77-29-17-23-35-83-149-125(137)11-5)111(87-105(103)107)117(129)69-51-93-41-59-99(60-42-93)141-75-27-15-21-33-81-147-123(135)9-3/h7-12,37-72,85-90H,1-6,13-36,73-84H2. The largest absolute Gasteiger partial charge is 0.494 e. The molecule has 0 bridgehead atoms. The average molecular weight is 2030 g/mol. The van der Waals surface area contributed by atoms with Gasteiger partial charge < -0.3 is 56.8 Å². The molecule has 150 heavy (non-hydrogen) atoms. The van der Waals surface area contributed by atoms with Crippen LogP contribution in [0.2, 0.25) is 0 Å². The molecule has 10 aromatic carbocycles. The molecule has 0 aliphatic carbocycles. The number of allylic oxidation sites excluding steroid dienone is 6. The maximum absolute atomic E-state index is 15.8. The lowest BCUT2D eigenvalue weighted by molar-refractivity contribution is -0.138. The third kappa shape index (κ3) is 40.4. The Morgan fingerprint density at radius 1 is 0.167 bits per heavy atom. The average Bonchev–Trinajstić information content (AvgIpc) is 0.714. The fraction of sp³-hybridized carbons (Fsp3) is 0.286. The van der Waals surface area contributed by atoms with Crippen LogP contribution in [-0.4, -0.2) is 150 Å². The quantitative estimate of drug-likeness (QED) is 0.00853. The molecule has 0 unspecified atom stereocenters. The van der Waals surface area contributed by atoms with Crippen LogP contribution in [0.1, 0.15) is 250 Å². The van der Waals surface area contributed by atoms with E-state index in [0.717, 1.165) is 152 Å². The number of hydrogen-bond acceptors (Lipinski definition) is 24. The van der Waals surface area contributed by atoms with Gasteiger partial charge in [0.25, 0.3) is 0 Å². The molecule has 0 heterocycles. The van der Waals surface area contributed by atoms with Gasteiger partial charge in [0.2, 0.25) is 0 Å². The highest BCUT2D eigenvalue weighted by molar-refractivity contribution is 6.33. The molecule has 0 aliphatic rings. The van der Waals surface area contributed by atoms with Gasteiger partial charge in [-0.2, -0.15) is 0 Å². The van der Waals surface area contributed by atoms with Gasteiger partial charge in [-0.05, 0) is 365 Å². The molecule has 10 aromatic rings. The number of ether oxygens (including phenoxy) is 12. The highest BCUT2D eigenvalue weighted by atomic mass is 16.6. The van der Waals surface area contributed by atoms with E-state index in [9.17, 15) is 28.8 Å². The van der Waals surface area contributed by atoms with Crippen molar-refractivity contribution in [1.82, 2.24) is 0 Å². The number of hydrogen-bond donors (Lipinski definition) is 0. The van der Waals surface area contributed by atoms with E-state index in [1.807, 2.05) is 0 Å². The van der Waals surface area contributed by atoms with E-state index in [0.29, 0.717) is 218 Å². The zero-order chi connectivity index (χ0) is 107. The highest BCUT2D eigenvalue weighted by Gasteiger charge is 2.27. The molecule has 0 radical (unpaired) electrons. The van der Waals surface area contributed by atoms with Gasteiger partial charge in [0.1, 0.15) is 34.5 Å². The number of carbonyl (C=O) groups is 12. The van der Waals surface area contributed by atoms with Crippen molar-refractivity contribution in [3.8, 4) is 34.5 Å². The SMILES string of the molecule is C=CC(=O)OCCCCCCOc1ccc(C=CC(=O)c2cc3c4cc(C(=O)C=Cc5ccc(OCCCCCCOC(=O)C=C)cc5)c(C(=O)C=Cc5ccc(OCCCCCCOC(=O)C=C)cc5)cc4c4cc(C(=O)C=Cc5ccc(OCCCCCCOC(=O)C=C)cc5)c(C(=O)C=Cc5ccc(OCCCCCCOC(=O)C=C)cc5)cc4c3cc2C(=O)C=Cc2ccc(OCCCCCCOC(=O)C=C)cc2)cc1. The highest BCUT2D eigenvalue weighted by Crippen LogP contribution is 2.42. The molecule has 0 saturated carbocycles. The van der Waals surface area contributed by atoms with E-state index >= 15 is 28.8 Å². The van der Waals surface area contributed by atoms with Crippen LogP contribution in [-0.2, 0) is 57.2 Å². The van der Waals surface area contributed by atoms with Crippen LogP contribution in [0.4, 0.5) is 0 Å². The lowest BCUT2D eigenvalue weighted by Crippen LogP contribution is -2.09. The van der Waals surface area contributed by atoms with Gasteiger partial charge >= 0.3 is 35.8 Å². The molecular formula is C126H132O24. The Labute approximate surface area is 877 Å². The normalized spacial score (nSPS) is 11.3. The van der Waals surface area contributed by atoms with E-state index < -0.39 is 70.5 Å². The summed E-state index contributed by atoms with van der Waals surface area (Å²) in [5.41, 5.74) is 3.27. The summed E-state index contributed by atoms with van der Waals surface area (Å²) < 4.78 is 67.3. The second-order valence-electron chi connectivity index (χ2n) is 35.2. The molecule has 10 rings (SSSR count). The van der Waals surface area contributed by atoms with Crippen LogP contribution >= 0.6 is 0 Å². The third-order valence-electron chi connectivity index (χ3n) is 24.1. The first kappa shape index (κ1) is 115. The van der Waals surface area contributed by atoms with Crippen molar-refractivity contribution in [2.24, 2.45) is 0 Å². The second kappa shape index (κ2) is 65.2. The Morgan fingerprint density at radius 2 is 0.287 bits per heavy atom. The van der Waals surface area contributed by atoms with Crippen LogP contribution in [0.5, 0.6) is 34.5 Å². The molecular weight excluding hydrogens is 1900 g/mol. The van der Waals surface area contributed by atoms with Crippen molar-refractivity contribution in [2.45, 2.75) is 154 Å². The maximum Gasteiger partial charge on any atom is 0.330 e. The molecule has 0 aromatic heterocycles. The van der Waals surface area contributed by atoms with Crippen LogP contribution in [0.25, 0.3) is 68.8 Å². The van der Waals surface area contributed by atoms with Crippen molar-refractivity contribution >= 4 is 139 Å². The monoisotopic (exact) mass is 2030 g/mol. The van der Waals surface area contributed by atoms with Crippen molar-refractivity contribution in [2.75, 3.05) is 79.3 Å². The van der Waals surface area contributed by atoms with Crippen LogP contribution in [0, 0.1) is 0 Å². The minimum absolute atomic E-state index is 0.0659. The molecule has 0 aliphatic heterocycles. The van der Waals surface area contributed by atoms with Crippen molar-refractivity contribution < 1.29 is 114 Å². The fourth-order valence-corrected chi connectivity index (χ4v) is 15.9. The predicted molar refractivity (Wildman–Crippen MR) is 589 cm³/mol. The van der Waals surface area contributed by atoms with Gasteiger partial charge in [0.05, 0.1) is 79.3 Å². The predicted octanol–water partition coefficient (Wildman–Crippen LogP) is 26.5. The number of carbonyl (C=O) groups excluding carboxylic acids is 12. The number of unbranched alkanes of at least 4 members (excludes halogenated alkanes) is 18. The molecule has 780 valence electrons. The van der Waals surface area contributed by atoms with E-state index in [-0.39, 0.29) is 33.4 Å². The molecule has 24 nitrogen and oxygen atoms in total. The molecule has 0 N–H and O–H groups in total. The minimum Gasteiger partial charge on any atom is -0.494 e. The van der Waals surface area contributed by atoms with Crippen molar-refractivity contribution in [3.63, 3.8) is 0 Å². The van der Waals surface area contributed by atoms with Gasteiger partial charge in [-0.3, -0.25) is 28.8 Å². The smallest absolute Gasteiger partial charge is 0.330 e. The van der Waals surface area contributed by atoms with Crippen LogP contribution in [0.15, 0.2) is 294 Å². The van der Waals surface area contributed by atoms with Gasteiger partial charge in [-0.25, -0.2) is 28.8 Å². The lowest BCUT2D eigenvalue weighted by atomic mass is 9.84. The summed E-state index contributed by atoms with van der Waals surface area (Å²) >= 11 is 0. The summed E-state index contributed by atoms with van der Waals surface area (Å²) in [5.74, 6) is -2.92. The topological polar surface area (TPSA) is 316 Å². The molecule has 24 heteroatoms. The second-order valence-corrected chi connectivity index (χ2v) is 35.2. The Hall–Kier alpha value is -16.5. The molecule has 0 saturated heterocycles.